The molecule has 2 saturated heterocycles. The molecule has 1 unspecified atom stereocenters. The Kier molecular flexibility index (Phi) is 6.26. The average Bonchev–Trinajstić information content (AvgIpc) is 3.14. The first-order chi connectivity index (χ1) is 11.7. The molecular weight excluding hydrogens is 302 g/mol. The molecule has 1 aromatic heterocycles. The third-order valence-electron chi connectivity index (χ3n) is 4.91. The second kappa shape index (κ2) is 8.62. The largest absolute Gasteiger partial charge is 0.379 e. The van der Waals surface area contributed by atoms with Gasteiger partial charge in [-0.15, -0.1) is 0 Å². The van der Waals surface area contributed by atoms with E-state index >= 15 is 0 Å². The highest BCUT2D eigenvalue weighted by Crippen LogP contribution is 2.20. The van der Waals surface area contributed by atoms with E-state index in [1.165, 1.54) is 19.3 Å². The molecule has 6 heteroatoms. The van der Waals surface area contributed by atoms with Gasteiger partial charge in [-0.3, -0.25) is 4.90 Å². The van der Waals surface area contributed by atoms with Crippen LogP contribution >= 0.6 is 0 Å². The summed E-state index contributed by atoms with van der Waals surface area (Å²) in [5, 5.41) is 3.55. The molecule has 1 N–H and O–H groups in total. The van der Waals surface area contributed by atoms with Crippen molar-refractivity contribution in [1.82, 2.24) is 14.9 Å². The fourth-order valence-electron chi connectivity index (χ4n) is 3.63. The molecule has 0 aromatic carbocycles. The first kappa shape index (κ1) is 17.4. The van der Waals surface area contributed by atoms with E-state index in [0.29, 0.717) is 12.0 Å². The number of nitrogens with zero attached hydrogens (tertiary/aromatic N) is 4. The van der Waals surface area contributed by atoms with E-state index in [9.17, 15) is 0 Å². The standard InChI is InChI=1S/C18H31N5O/c1-15(2)11-16(22-7-9-24-10-8-22)13-19-17-12-18(21-14-20-17)23-5-3-4-6-23/h12,14-16H,3-11,13H2,1-2H3,(H,19,20,21). The summed E-state index contributed by atoms with van der Waals surface area (Å²) in [6.07, 6.45) is 5.40. The minimum absolute atomic E-state index is 0.527. The van der Waals surface area contributed by atoms with Gasteiger partial charge in [0.05, 0.1) is 13.2 Å². The lowest BCUT2D eigenvalue weighted by Crippen LogP contribution is -2.47. The molecule has 0 spiro atoms. The van der Waals surface area contributed by atoms with Crippen molar-refractivity contribution in [3.05, 3.63) is 12.4 Å². The zero-order valence-corrected chi connectivity index (χ0v) is 15.1. The normalized spacial score (nSPS) is 20.5. The molecule has 24 heavy (non-hydrogen) atoms. The monoisotopic (exact) mass is 333 g/mol. The molecular formula is C18H31N5O. The number of nitrogens with one attached hydrogen (secondary N) is 1. The molecule has 2 aliphatic heterocycles. The van der Waals surface area contributed by atoms with Gasteiger partial charge in [-0.2, -0.15) is 0 Å². The number of anilines is 2. The predicted molar refractivity (Wildman–Crippen MR) is 97.6 cm³/mol. The van der Waals surface area contributed by atoms with E-state index in [1.54, 1.807) is 6.33 Å². The lowest BCUT2D eigenvalue weighted by molar-refractivity contribution is 0.0150. The van der Waals surface area contributed by atoms with Crippen molar-refractivity contribution >= 4 is 11.6 Å². The molecule has 2 fully saturated rings. The molecule has 3 rings (SSSR count). The minimum atomic E-state index is 0.527. The van der Waals surface area contributed by atoms with Gasteiger partial charge in [-0.1, -0.05) is 13.8 Å². The summed E-state index contributed by atoms with van der Waals surface area (Å²) >= 11 is 0. The molecule has 0 amide bonds. The van der Waals surface area contributed by atoms with Crippen molar-refractivity contribution in [3.8, 4) is 0 Å². The Labute approximate surface area is 145 Å². The second-order valence-corrected chi connectivity index (χ2v) is 7.27. The molecule has 134 valence electrons. The maximum Gasteiger partial charge on any atom is 0.134 e. The van der Waals surface area contributed by atoms with Gasteiger partial charge in [0.15, 0.2) is 0 Å². The van der Waals surface area contributed by atoms with E-state index < -0.39 is 0 Å². The Balaban J connectivity index is 1.59. The highest BCUT2D eigenvalue weighted by Gasteiger charge is 2.22. The summed E-state index contributed by atoms with van der Waals surface area (Å²) < 4.78 is 5.50. The van der Waals surface area contributed by atoms with Gasteiger partial charge >= 0.3 is 0 Å². The van der Waals surface area contributed by atoms with Gasteiger partial charge in [-0.25, -0.2) is 9.97 Å². The summed E-state index contributed by atoms with van der Waals surface area (Å²) in [6, 6.07) is 2.62. The quantitative estimate of drug-likeness (QED) is 0.826. The van der Waals surface area contributed by atoms with E-state index in [2.05, 4.69) is 45.0 Å². The Hall–Kier alpha value is -1.40. The van der Waals surface area contributed by atoms with Crippen LogP contribution in [0.1, 0.15) is 33.1 Å². The van der Waals surface area contributed by atoms with Gasteiger partial charge in [-0.05, 0) is 25.2 Å². The molecule has 6 nitrogen and oxygen atoms in total. The van der Waals surface area contributed by atoms with Crippen LogP contribution in [0.3, 0.4) is 0 Å². The third kappa shape index (κ3) is 4.80. The maximum absolute atomic E-state index is 5.50. The molecule has 2 aliphatic rings. The lowest BCUT2D eigenvalue weighted by Gasteiger charge is -2.35. The molecule has 1 atom stereocenters. The van der Waals surface area contributed by atoms with E-state index in [-0.39, 0.29) is 0 Å². The van der Waals surface area contributed by atoms with Crippen molar-refractivity contribution in [3.63, 3.8) is 0 Å². The summed E-state index contributed by atoms with van der Waals surface area (Å²) in [5.41, 5.74) is 0. The van der Waals surface area contributed by atoms with Gasteiger partial charge in [0.1, 0.15) is 18.0 Å². The van der Waals surface area contributed by atoms with Crippen LogP contribution in [0.5, 0.6) is 0 Å². The van der Waals surface area contributed by atoms with Crippen LogP contribution in [0.25, 0.3) is 0 Å². The molecule has 3 heterocycles. The van der Waals surface area contributed by atoms with Crippen molar-refractivity contribution in [1.29, 1.82) is 0 Å². The zero-order valence-electron chi connectivity index (χ0n) is 15.1. The van der Waals surface area contributed by atoms with Crippen LogP contribution in [0.15, 0.2) is 12.4 Å². The van der Waals surface area contributed by atoms with Crippen LogP contribution in [-0.4, -0.2) is 66.8 Å². The SMILES string of the molecule is CC(C)CC(CNc1cc(N2CCCC2)ncn1)N1CCOCC1. The first-order valence-corrected chi connectivity index (χ1v) is 9.35. The molecule has 0 saturated carbocycles. The van der Waals surface area contributed by atoms with Gasteiger partial charge in [0, 0.05) is 44.8 Å². The maximum atomic E-state index is 5.50. The Morgan fingerprint density at radius 2 is 1.88 bits per heavy atom. The topological polar surface area (TPSA) is 53.5 Å². The summed E-state index contributed by atoms with van der Waals surface area (Å²) in [4.78, 5) is 13.8. The van der Waals surface area contributed by atoms with E-state index in [1.807, 2.05) is 0 Å². The molecule has 1 aromatic rings. The average molecular weight is 333 g/mol. The van der Waals surface area contributed by atoms with Gasteiger partial charge in [0.2, 0.25) is 0 Å². The fourth-order valence-corrected chi connectivity index (χ4v) is 3.63. The van der Waals surface area contributed by atoms with E-state index in [4.69, 9.17) is 4.74 Å². The number of rotatable bonds is 7. The van der Waals surface area contributed by atoms with Crippen LogP contribution in [0.4, 0.5) is 11.6 Å². The third-order valence-corrected chi connectivity index (χ3v) is 4.91. The molecule has 0 aliphatic carbocycles. The van der Waals surface area contributed by atoms with Crippen LogP contribution in [-0.2, 0) is 4.74 Å². The number of morpholine rings is 1. The first-order valence-electron chi connectivity index (χ1n) is 9.35. The fraction of sp³-hybridized carbons (Fsp3) is 0.778. The van der Waals surface area contributed by atoms with Gasteiger partial charge in [0.25, 0.3) is 0 Å². The van der Waals surface area contributed by atoms with Crippen molar-refractivity contribution in [2.75, 3.05) is 56.2 Å². The van der Waals surface area contributed by atoms with Crippen molar-refractivity contribution in [2.24, 2.45) is 5.92 Å². The Morgan fingerprint density at radius 3 is 2.58 bits per heavy atom. The lowest BCUT2D eigenvalue weighted by atomic mass is 10.0. The summed E-state index contributed by atoms with van der Waals surface area (Å²) in [5.74, 6) is 2.68. The minimum Gasteiger partial charge on any atom is -0.379 e. The van der Waals surface area contributed by atoms with Crippen LogP contribution in [0.2, 0.25) is 0 Å². The number of aromatic nitrogens is 2. The highest BCUT2D eigenvalue weighted by atomic mass is 16.5. The number of hydrogen-bond acceptors (Lipinski definition) is 6. The summed E-state index contributed by atoms with van der Waals surface area (Å²) in [6.45, 7) is 11.5. The van der Waals surface area contributed by atoms with Crippen LogP contribution in [0, 0.1) is 5.92 Å². The predicted octanol–water partition coefficient (Wildman–Crippen LogP) is 2.24. The van der Waals surface area contributed by atoms with Crippen molar-refractivity contribution < 1.29 is 4.74 Å². The zero-order chi connectivity index (χ0) is 16.8. The smallest absolute Gasteiger partial charge is 0.134 e. The van der Waals surface area contributed by atoms with Crippen molar-refractivity contribution in [2.45, 2.75) is 39.2 Å². The highest BCUT2D eigenvalue weighted by molar-refractivity contribution is 5.48. The number of ether oxygens (including phenoxy) is 1. The number of hydrogen-bond donors (Lipinski definition) is 1. The van der Waals surface area contributed by atoms with Gasteiger partial charge < -0.3 is 15.0 Å². The Morgan fingerprint density at radius 1 is 1.12 bits per heavy atom. The second-order valence-electron chi connectivity index (χ2n) is 7.27. The summed E-state index contributed by atoms with van der Waals surface area (Å²) in [7, 11) is 0. The Bertz CT molecular complexity index is 498. The van der Waals surface area contributed by atoms with E-state index in [0.717, 1.165) is 57.6 Å². The molecule has 0 bridgehead atoms. The van der Waals surface area contributed by atoms with Crippen LogP contribution < -0.4 is 10.2 Å². The molecule has 0 radical (unpaired) electrons.